The van der Waals surface area contributed by atoms with Gasteiger partial charge in [-0.1, -0.05) is 18.6 Å². The minimum absolute atomic E-state index is 0.224. The predicted molar refractivity (Wildman–Crippen MR) is 68.9 cm³/mol. The third-order valence-corrected chi connectivity index (χ3v) is 3.44. The van der Waals surface area contributed by atoms with Crippen molar-refractivity contribution in [3.05, 3.63) is 29.8 Å². The van der Waals surface area contributed by atoms with Crippen molar-refractivity contribution in [3.8, 4) is 5.75 Å². The smallest absolute Gasteiger partial charge is 0.339 e. The van der Waals surface area contributed by atoms with Crippen LogP contribution in [0.15, 0.2) is 24.3 Å². The van der Waals surface area contributed by atoms with Gasteiger partial charge in [-0.05, 0) is 31.9 Å². The summed E-state index contributed by atoms with van der Waals surface area (Å²) in [7, 11) is 0. The van der Waals surface area contributed by atoms with Gasteiger partial charge < -0.3 is 9.84 Å². The van der Waals surface area contributed by atoms with E-state index in [1.807, 2.05) is 0 Å². The van der Waals surface area contributed by atoms with E-state index in [0.29, 0.717) is 18.5 Å². The van der Waals surface area contributed by atoms with E-state index in [0.717, 1.165) is 6.54 Å². The first kappa shape index (κ1) is 12.9. The number of ether oxygens (including phenoxy) is 1. The van der Waals surface area contributed by atoms with Crippen LogP contribution in [-0.4, -0.2) is 35.3 Å². The molecule has 1 N–H and O–H groups in total. The average Bonchev–Trinajstić information content (AvgIpc) is 2.38. The maximum absolute atomic E-state index is 11.0. The highest BCUT2D eigenvalue weighted by Gasteiger charge is 2.19. The van der Waals surface area contributed by atoms with Crippen molar-refractivity contribution < 1.29 is 14.6 Å². The second kappa shape index (κ2) is 5.87. The highest BCUT2D eigenvalue weighted by atomic mass is 16.5. The van der Waals surface area contributed by atoms with Crippen LogP contribution in [-0.2, 0) is 0 Å². The summed E-state index contributed by atoms with van der Waals surface area (Å²) < 4.78 is 5.65. The van der Waals surface area contributed by atoms with Crippen LogP contribution < -0.4 is 4.74 Å². The van der Waals surface area contributed by atoms with Crippen LogP contribution in [0.25, 0.3) is 0 Å². The molecular weight excluding hydrogens is 230 g/mol. The van der Waals surface area contributed by atoms with Crippen LogP contribution in [0.1, 0.15) is 36.5 Å². The number of carbonyl (C=O) groups is 1. The third kappa shape index (κ3) is 3.01. The number of piperidine rings is 1. The molecule has 0 aromatic heterocycles. The number of nitrogens with zero attached hydrogens (tertiary/aromatic N) is 1. The number of aromatic carboxylic acids is 1. The van der Waals surface area contributed by atoms with Crippen molar-refractivity contribution in [2.24, 2.45) is 0 Å². The van der Waals surface area contributed by atoms with E-state index in [4.69, 9.17) is 9.84 Å². The summed E-state index contributed by atoms with van der Waals surface area (Å²) in [6.45, 7) is 3.67. The second-order valence-corrected chi connectivity index (χ2v) is 4.73. The molecule has 1 aliphatic rings. The molecule has 0 bridgehead atoms. The number of benzene rings is 1. The Bertz CT molecular complexity index is 419. The minimum atomic E-state index is -0.947. The van der Waals surface area contributed by atoms with Crippen LogP contribution in [0.4, 0.5) is 0 Å². The first-order chi connectivity index (χ1) is 8.68. The van der Waals surface area contributed by atoms with Crippen molar-refractivity contribution in [2.45, 2.75) is 32.2 Å². The van der Waals surface area contributed by atoms with E-state index in [1.165, 1.54) is 19.3 Å². The number of hydrogen-bond donors (Lipinski definition) is 1. The second-order valence-electron chi connectivity index (χ2n) is 4.73. The van der Waals surface area contributed by atoms with E-state index < -0.39 is 5.97 Å². The number of para-hydroxylation sites is 1. The van der Waals surface area contributed by atoms with Gasteiger partial charge in [0.1, 0.15) is 18.0 Å². The van der Waals surface area contributed by atoms with Gasteiger partial charge in [-0.2, -0.15) is 0 Å². The topological polar surface area (TPSA) is 49.8 Å². The quantitative estimate of drug-likeness (QED) is 0.891. The molecule has 1 fully saturated rings. The SMILES string of the molecule is CC1CCCCN1COc1ccccc1C(=O)O. The molecule has 1 aliphatic heterocycles. The summed E-state index contributed by atoms with van der Waals surface area (Å²) in [4.78, 5) is 13.3. The lowest BCUT2D eigenvalue weighted by Crippen LogP contribution is -2.40. The molecular formula is C14H19NO3. The van der Waals surface area contributed by atoms with Gasteiger partial charge in [0.05, 0.1) is 0 Å². The normalized spacial score (nSPS) is 20.6. The van der Waals surface area contributed by atoms with Gasteiger partial charge >= 0.3 is 5.97 Å². The molecule has 0 amide bonds. The number of carboxylic acid groups (broad SMARTS) is 1. The van der Waals surface area contributed by atoms with Gasteiger partial charge in [0, 0.05) is 12.6 Å². The number of hydrogen-bond acceptors (Lipinski definition) is 3. The van der Waals surface area contributed by atoms with E-state index in [2.05, 4.69) is 11.8 Å². The summed E-state index contributed by atoms with van der Waals surface area (Å²) >= 11 is 0. The Morgan fingerprint density at radius 3 is 2.94 bits per heavy atom. The van der Waals surface area contributed by atoms with Crippen molar-refractivity contribution in [3.63, 3.8) is 0 Å². The highest BCUT2D eigenvalue weighted by Crippen LogP contribution is 2.20. The fourth-order valence-corrected chi connectivity index (χ4v) is 2.27. The molecule has 1 saturated heterocycles. The Balaban J connectivity index is 1.99. The molecule has 0 radical (unpaired) electrons. The van der Waals surface area contributed by atoms with Gasteiger partial charge in [0.25, 0.3) is 0 Å². The fraction of sp³-hybridized carbons (Fsp3) is 0.500. The molecule has 1 aromatic carbocycles. The first-order valence-corrected chi connectivity index (χ1v) is 6.37. The fourth-order valence-electron chi connectivity index (χ4n) is 2.27. The van der Waals surface area contributed by atoms with Crippen LogP contribution in [0.2, 0.25) is 0 Å². The molecule has 2 rings (SSSR count). The Morgan fingerprint density at radius 1 is 1.44 bits per heavy atom. The monoisotopic (exact) mass is 249 g/mol. The average molecular weight is 249 g/mol. The van der Waals surface area contributed by atoms with Crippen molar-refractivity contribution in [1.82, 2.24) is 4.90 Å². The summed E-state index contributed by atoms with van der Waals surface area (Å²) in [5, 5.41) is 9.06. The molecule has 1 aromatic rings. The summed E-state index contributed by atoms with van der Waals surface area (Å²) in [6.07, 6.45) is 3.64. The summed E-state index contributed by atoms with van der Waals surface area (Å²) in [5.74, 6) is -0.500. The molecule has 1 unspecified atom stereocenters. The van der Waals surface area contributed by atoms with Crippen LogP contribution in [0.5, 0.6) is 5.75 Å². The molecule has 4 nitrogen and oxygen atoms in total. The highest BCUT2D eigenvalue weighted by molar-refractivity contribution is 5.90. The molecule has 0 saturated carbocycles. The van der Waals surface area contributed by atoms with E-state index in [-0.39, 0.29) is 5.56 Å². The Kier molecular flexibility index (Phi) is 4.20. The largest absolute Gasteiger partial charge is 0.478 e. The first-order valence-electron chi connectivity index (χ1n) is 6.37. The van der Waals surface area contributed by atoms with E-state index in [9.17, 15) is 4.79 Å². The Hall–Kier alpha value is -1.55. The molecule has 18 heavy (non-hydrogen) atoms. The zero-order valence-electron chi connectivity index (χ0n) is 10.6. The zero-order valence-corrected chi connectivity index (χ0v) is 10.6. The number of rotatable bonds is 4. The summed E-state index contributed by atoms with van der Waals surface area (Å²) in [6, 6.07) is 7.28. The molecule has 0 aliphatic carbocycles. The maximum atomic E-state index is 11.0. The number of likely N-dealkylation sites (tertiary alicyclic amines) is 1. The molecule has 98 valence electrons. The Labute approximate surface area is 107 Å². The Morgan fingerprint density at radius 2 is 2.22 bits per heavy atom. The van der Waals surface area contributed by atoms with E-state index in [1.54, 1.807) is 24.3 Å². The van der Waals surface area contributed by atoms with Gasteiger partial charge in [-0.25, -0.2) is 4.79 Å². The molecule has 4 heteroatoms. The standard InChI is InChI=1S/C14H19NO3/c1-11-6-4-5-9-15(11)10-18-13-8-3-2-7-12(13)14(16)17/h2-3,7-8,11H,4-6,9-10H2,1H3,(H,16,17). The number of carboxylic acids is 1. The molecule has 1 atom stereocenters. The van der Waals surface area contributed by atoms with Gasteiger partial charge in [0.2, 0.25) is 0 Å². The van der Waals surface area contributed by atoms with Gasteiger partial charge in [-0.15, -0.1) is 0 Å². The lowest BCUT2D eigenvalue weighted by atomic mass is 10.1. The van der Waals surface area contributed by atoms with Crippen molar-refractivity contribution in [1.29, 1.82) is 0 Å². The third-order valence-electron chi connectivity index (χ3n) is 3.44. The lowest BCUT2D eigenvalue weighted by molar-refractivity contribution is 0.0608. The maximum Gasteiger partial charge on any atom is 0.339 e. The van der Waals surface area contributed by atoms with E-state index >= 15 is 0 Å². The van der Waals surface area contributed by atoms with Crippen LogP contribution >= 0.6 is 0 Å². The van der Waals surface area contributed by atoms with Crippen molar-refractivity contribution in [2.75, 3.05) is 13.3 Å². The lowest BCUT2D eigenvalue weighted by Gasteiger charge is -2.32. The molecule has 1 heterocycles. The van der Waals surface area contributed by atoms with Gasteiger partial charge in [0.15, 0.2) is 0 Å². The van der Waals surface area contributed by atoms with Crippen LogP contribution in [0, 0.1) is 0 Å². The minimum Gasteiger partial charge on any atom is -0.478 e. The van der Waals surface area contributed by atoms with Crippen molar-refractivity contribution >= 4 is 5.97 Å². The van der Waals surface area contributed by atoms with Gasteiger partial charge in [-0.3, -0.25) is 4.90 Å². The van der Waals surface area contributed by atoms with Crippen LogP contribution in [0.3, 0.4) is 0 Å². The molecule has 0 spiro atoms. The summed E-state index contributed by atoms with van der Waals surface area (Å²) in [5.41, 5.74) is 0.224. The zero-order chi connectivity index (χ0) is 13.0. The predicted octanol–water partition coefficient (Wildman–Crippen LogP) is 2.60.